The van der Waals surface area contributed by atoms with Gasteiger partial charge in [-0.25, -0.2) is 9.67 Å². The Balaban J connectivity index is 1.59. The summed E-state index contributed by atoms with van der Waals surface area (Å²) in [6, 6.07) is 24.1. The molecule has 0 aliphatic rings. The van der Waals surface area contributed by atoms with Gasteiger partial charge in [-0.05, 0) is 68.1 Å². The van der Waals surface area contributed by atoms with Gasteiger partial charge in [-0.2, -0.15) is 5.10 Å². The molecule has 1 N–H and O–H groups in total. The van der Waals surface area contributed by atoms with Crippen molar-refractivity contribution in [3.05, 3.63) is 107 Å². The summed E-state index contributed by atoms with van der Waals surface area (Å²) in [5, 5.41) is 8.59. The van der Waals surface area contributed by atoms with E-state index in [1.165, 1.54) is 5.56 Å². The van der Waals surface area contributed by atoms with Crippen LogP contribution in [0.2, 0.25) is 0 Å². The van der Waals surface area contributed by atoms with Crippen LogP contribution in [-0.4, -0.2) is 20.7 Å². The van der Waals surface area contributed by atoms with E-state index in [1.54, 1.807) is 0 Å². The predicted molar refractivity (Wildman–Crippen MR) is 142 cm³/mol. The van der Waals surface area contributed by atoms with Crippen LogP contribution in [0.5, 0.6) is 0 Å². The number of hydrogen-bond acceptors (Lipinski definition) is 3. The summed E-state index contributed by atoms with van der Waals surface area (Å²) < 4.78 is 1.92. The van der Waals surface area contributed by atoms with Gasteiger partial charge in [0.15, 0.2) is 0 Å². The molecule has 5 rings (SSSR count). The quantitative estimate of drug-likeness (QED) is 0.313. The minimum absolute atomic E-state index is 0.151. The second-order valence-electron chi connectivity index (χ2n) is 8.87. The maximum atomic E-state index is 13.5. The maximum absolute atomic E-state index is 13.5. The van der Waals surface area contributed by atoms with E-state index in [4.69, 9.17) is 4.98 Å². The number of carbonyl (C=O) groups excluding carboxylic acids is 1. The van der Waals surface area contributed by atoms with Crippen LogP contribution in [0.3, 0.4) is 0 Å². The van der Waals surface area contributed by atoms with Crippen LogP contribution < -0.4 is 5.32 Å². The highest BCUT2D eigenvalue weighted by molar-refractivity contribution is 6.13. The van der Waals surface area contributed by atoms with Crippen molar-refractivity contribution in [3.63, 3.8) is 0 Å². The Bertz CT molecular complexity index is 1530. The number of rotatable bonds is 5. The lowest BCUT2D eigenvalue weighted by atomic mass is 10.0. The Kier molecular flexibility index (Phi) is 5.91. The van der Waals surface area contributed by atoms with Crippen molar-refractivity contribution in [2.45, 2.75) is 34.1 Å². The fourth-order valence-corrected chi connectivity index (χ4v) is 4.49. The fraction of sp³-hybridized carbons (Fsp3) is 0.167. The second kappa shape index (κ2) is 9.18. The fourth-order valence-electron chi connectivity index (χ4n) is 4.49. The zero-order valence-electron chi connectivity index (χ0n) is 20.5. The second-order valence-corrected chi connectivity index (χ2v) is 8.87. The van der Waals surface area contributed by atoms with E-state index in [1.807, 2.05) is 80.2 Å². The third-order valence-electron chi connectivity index (χ3n) is 6.56. The molecule has 5 nitrogen and oxygen atoms in total. The van der Waals surface area contributed by atoms with Crippen LogP contribution in [0.1, 0.15) is 39.7 Å². The first-order valence-electron chi connectivity index (χ1n) is 11.9. The zero-order valence-corrected chi connectivity index (χ0v) is 20.5. The smallest absolute Gasteiger partial charge is 0.256 e. The normalized spacial score (nSPS) is 11.1. The summed E-state index contributed by atoms with van der Waals surface area (Å²) in [7, 11) is 0. The number of pyridine rings is 1. The summed E-state index contributed by atoms with van der Waals surface area (Å²) in [5.74, 6) is -0.151. The first-order valence-corrected chi connectivity index (χ1v) is 11.9. The molecule has 35 heavy (non-hydrogen) atoms. The number of aryl methyl sites for hydroxylation is 3. The third-order valence-corrected chi connectivity index (χ3v) is 6.56. The molecule has 0 atom stereocenters. The molecule has 0 saturated carbocycles. The molecule has 0 unspecified atom stereocenters. The van der Waals surface area contributed by atoms with Gasteiger partial charge in [-0.3, -0.25) is 4.79 Å². The van der Waals surface area contributed by atoms with E-state index in [0.717, 1.165) is 56.8 Å². The number of hydrogen-bond donors (Lipinski definition) is 1. The molecular weight excluding hydrogens is 432 g/mol. The van der Waals surface area contributed by atoms with E-state index in [2.05, 4.69) is 41.6 Å². The molecule has 5 aromatic rings. The highest BCUT2D eigenvalue weighted by atomic mass is 16.1. The van der Waals surface area contributed by atoms with Crippen LogP contribution in [-0.2, 0) is 6.42 Å². The van der Waals surface area contributed by atoms with E-state index in [-0.39, 0.29) is 5.91 Å². The lowest BCUT2D eigenvalue weighted by molar-refractivity contribution is 0.102. The lowest BCUT2D eigenvalue weighted by Gasteiger charge is -2.14. The molecule has 0 bridgehead atoms. The summed E-state index contributed by atoms with van der Waals surface area (Å²) in [6.45, 7) is 8.18. The highest BCUT2D eigenvalue weighted by Gasteiger charge is 2.18. The van der Waals surface area contributed by atoms with Crippen molar-refractivity contribution in [1.82, 2.24) is 14.8 Å². The van der Waals surface area contributed by atoms with Gasteiger partial charge < -0.3 is 5.32 Å². The Labute approximate surface area is 205 Å². The van der Waals surface area contributed by atoms with E-state index >= 15 is 0 Å². The number of para-hydroxylation sites is 2. The van der Waals surface area contributed by atoms with Crippen LogP contribution >= 0.6 is 0 Å². The third kappa shape index (κ3) is 4.21. The predicted octanol–water partition coefficient (Wildman–Crippen LogP) is 6.83. The number of amides is 1. The molecular formula is C30H28N4O. The molecule has 5 heteroatoms. The van der Waals surface area contributed by atoms with Crippen LogP contribution in [0.4, 0.5) is 5.69 Å². The monoisotopic (exact) mass is 460 g/mol. The number of nitrogens with zero attached hydrogens (tertiary/aromatic N) is 3. The summed E-state index contributed by atoms with van der Waals surface area (Å²) in [4.78, 5) is 18.4. The van der Waals surface area contributed by atoms with Crippen LogP contribution in [0.15, 0.2) is 79.0 Å². The molecule has 3 aromatic carbocycles. The minimum atomic E-state index is -0.151. The minimum Gasteiger partial charge on any atom is -0.321 e. The Morgan fingerprint density at radius 1 is 0.914 bits per heavy atom. The summed E-state index contributed by atoms with van der Waals surface area (Å²) >= 11 is 0. The van der Waals surface area contributed by atoms with Gasteiger partial charge in [0.2, 0.25) is 0 Å². The zero-order chi connectivity index (χ0) is 24.5. The van der Waals surface area contributed by atoms with Crippen molar-refractivity contribution in [1.29, 1.82) is 0 Å². The molecule has 0 aliphatic heterocycles. The SMILES string of the molecule is CCc1ccc(-n2ncc(-c3cc(C(=O)Nc4c(C)cccc4C)c4ccccc4n3)c2C)cc1. The molecule has 174 valence electrons. The van der Waals surface area contributed by atoms with Crippen molar-refractivity contribution < 1.29 is 4.79 Å². The van der Waals surface area contributed by atoms with Crippen molar-refractivity contribution in [3.8, 4) is 16.9 Å². The summed E-state index contributed by atoms with van der Waals surface area (Å²) in [6.07, 6.45) is 2.82. The van der Waals surface area contributed by atoms with Gasteiger partial charge in [0.05, 0.1) is 34.4 Å². The molecule has 2 aromatic heterocycles. The van der Waals surface area contributed by atoms with Gasteiger partial charge >= 0.3 is 0 Å². The lowest BCUT2D eigenvalue weighted by Crippen LogP contribution is -2.15. The van der Waals surface area contributed by atoms with Gasteiger partial charge in [0, 0.05) is 16.6 Å². The highest BCUT2D eigenvalue weighted by Crippen LogP contribution is 2.29. The topological polar surface area (TPSA) is 59.8 Å². The van der Waals surface area contributed by atoms with E-state index in [9.17, 15) is 4.79 Å². The standard InChI is InChI=1S/C30H28N4O/c1-5-22-13-15-23(16-14-22)34-21(4)26(18-31-34)28-17-25(24-11-6-7-12-27(24)32-28)30(35)33-29-19(2)9-8-10-20(29)3/h6-18H,5H2,1-4H3,(H,33,35). The molecule has 0 aliphatic carbocycles. The van der Waals surface area contributed by atoms with Gasteiger partial charge in [-0.15, -0.1) is 0 Å². The average molecular weight is 461 g/mol. The van der Waals surface area contributed by atoms with Gasteiger partial charge in [0.25, 0.3) is 5.91 Å². The van der Waals surface area contributed by atoms with Gasteiger partial charge in [-0.1, -0.05) is 55.5 Å². The van der Waals surface area contributed by atoms with Crippen molar-refractivity contribution in [2.24, 2.45) is 0 Å². The maximum Gasteiger partial charge on any atom is 0.256 e. The first kappa shape index (κ1) is 22.5. The number of anilines is 1. The van der Waals surface area contributed by atoms with Crippen molar-refractivity contribution in [2.75, 3.05) is 5.32 Å². The van der Waals surface area contributed by atoms with Gasteiger partial charge in [0.1, 0.15) is 0 Å². The van der Waals surface area contributed by atoms with Crippen LogP contribution in [0, 0.1) is 20.8 Å². The number of nitrogens with one attached hydrogen (secondary N) is 1. The Hall–Kier alpha value is -4.25. The molecule has 0 spiro atoms. The number of fused-ring (bicyclic) bond motifs is 1. The first-order chi connectivity index (χ1) is 17.0. The number of aromatic nitrogens is 3. The largest absolute Gasteiger partial charge is 0.321 e. The number of carbonyl (C=O) groups is 1. The molecule has 0 fully saturated rings. The van der Waals surface area contributed by atoms with E-state index in [0.29, 0.717) is 5.56 Å². The van der Waals surface area contributed by atoms with E-state index < -0.39 is 0 Å². The number of benzene rings is 3. The Morgan fingerprint density at radius 3 is 2.34 bits per heavy atom. The molecule has 2 heterocycles. The summed E-state index contributed by atoms with van der Waals surface area (Å²) in [5.41, 5.74) is 9.16. The van der Waals surface area contributed by atoms with Crippen LogP contribution in [0.25, 0.3) is 27.8 Å². The molecule has 0 saturated heterocycles. The molecule has 0 radical (unpaired) electrons. The van der Waals surface area contributed by atoms with Crippen molar-refractivity contribution >= 4 is 22.5 Å². The Morgan fingerprint density at radius 2 is 1.63 bits per heavy atom. The molecule has 1 amide bonds. The average Bonchev–Trinajstić information content (AvgIpc) is 3.26.